The van der Waals surface area contributed by atoms with Crippen molar-refractivity contribution < 1.29 is 40.3 Å². The lowest BCUT2D eigenvalue weighted by atomic mass is 9.90. The maximum atomic E-state index is 14.6. The number of hydrogen-bond acceptors (Lipinski definition) is 2. The first kappa shape index (κ1) is 27.7. The van der Waals surface area contributed by atoms with E-state index in [1.165, 1.54) is 45.2 Å². The quantitative estimate of drug-likeness (QED) is 0.360. The molecule has 1 N–H and O–H groups in total. The van der Waals surface area contributed by atoms with Crippen molar-refractivity contribution in [3.05, 3.63) is 94.5 Å². The SMILES string of the molecule is Cc1cc(C(F)(C(F)(F)F)C(F)(F)F)cc(C)c1N(C)C(=O)c1cccc(NC(=O)c2ccccc2)c1. The molecule has 0 atom stereocenters. The fraction of sp³-hybridized carbons (Fsp3) is 0.231. The largest absolute Gasteiger partial charge is 0.435 e. The van der Waals surface area contributed by atoms with Gasteiger partial charge in [-0.3, -0.25) is 9.59 Å². The zero-order chi connectivity index (χ0) is 27.8. The number of nitrogens with zero attached hydrogens (tertiary/aromatic N) is 1. The summed E-state index contributed by atoms with van der Waals surface area (Å²) in [5, 5.41) is 2.64. The lowest BCUT2D eigenvalue weighted by Gasteiger charge is -2.32. The number of carbonyl (C=O) groups excluding carboxylic acids is 2. The zero-order valence-corrected chi connectivity index (χ0v) is 19.8. The molecule has 3 rings (SSSR count). The number of hydrogen-bond donors (Lipinski definition) is 1. The highest BCUT2D eigenvalue weighted by Gasteiger charge is 2.73. The first-order chi connectivity index (χ1) is 17.1. The van der Waals surface area contributed by atoms with Gasteiger partial charge in [0, 0.05) is 35.1 Å². The third kappa shape index (κ3) is 5.30. The van der Waals surface area contributed by atoms with E-state index in [0.717, 1.165) is 4.90 Å². The molecule has 0 heterocycles. The standard InChI is InChI=1S/C26H21F7N2O2/c1-15-12-19(24(27,25(28,29)30)26(31,32)33)13-16(2)21(15)35(3)23(37)18-10-7-11-20(14-18)34-22(36)17-8-5-4-6-9-17/h4-14H,1-3H3,(H,34,36). The molecule has 4 nitrogen and oxygen atoms in total. The number of amides is 2. The Morgan fingerprint density at radius 2 is 1.24 bits per heavy atom. The minimum Gasteiger partial charge on any atom is -0.322 e. The van der Waals surface area contributed by atoms with Gasteiger partial charge in [0.2, 0.25) is 0 Å². The van der Waals surface area contributed by atoms with Crippen molar-refractivity contribution in [2.24, 2.45) is 0 Å². The van der Waals surface area contributed by atoms with Gasteiger partial charge in [-0.15, -0.1) is 0 Å². The van der Waals surface area contributed by atoms with Crippen LogP contribution in [0.3, 0.4) is 0 Å². The van der Waals surface area contributed by atoms with Crippen LogP contribution in [0.4, 0.5) is 42.1 Å². The summed E-state index contributed by atoms with van der Waals surface area (Å²) in [7, 11) is 1.28. The van der Waals surface area contributed by atoms with Crippen molar-refractivity contribution in [2.75, 3.05) is 17.3 Å². The Balaban J connectivity index is 1.93. The Morgan fingerprint density at radius 1 is 0.730 bits per heavy atom. The normalized spacial score (nSPS) is 12.3. The van der Waals surface area contributed by atoms with E-state index in [2.05, 4.69) is 5.32 Å². The third-order valence-electron chi connectivity index (χ3n) is 5.71. The summed E-state index contributed by atoms with van der Waals surface area (Å²) >= 11 is 0. The van der Waals surface area contributed by atoms with E-state index in [4.69, 9.17) is 0 Å². The molecule has 0 bridgehead atoms. The zero-order valence-electron chi connectivity index (χ0n) is 19.8. The van der Waals surface area contributed by atoms with Crippen LogP contribution in [0.15, 0.2) is 66.7 Å². The van der Waals surface area contributed by atoms with Crippen molar-refractivity contribution >= 4 is 23.2 Å². The molecule has 37 heavy (non-hydrogen) atoms. The third-order valence-corrected chi connectivity index (χ3v) is 5.71. The maximum absolute atomic E-state index is 14.6. The van der Waals surface area contributed by atoms with Gasteiger partial charge in [0.25, 0.3) is 11.8 Å². The monoisotopic (exact) mass is 526 g/mol. The molecule has 0 unspecified atom stereocenters. The predicted octanol–water partition coefficient (Wildman–Crippen LogP) is 7.12. The van der Waals surface area contributed by atoms with E-state index in [1.54, 1.807) is 30.3 Å². The number of halogens is 7. The van der Waals surface area contributed by atoms with Gasteiger partial charge in [-0.2, -0.15) is 26.3 Å². The molecule has 2 amide bonds. The van der Waals surface area contributed by atoms with E-state index >= 15 is 0 Å². The summed E-state index contributed by atoms with van der Waals surface area (Å²) in [6.45, 7) is 2.36. The minimum absolute atomic E-state index is 0.0131. The van der Waals surface area contributed by atoms with Gasteiger partial charge in [0.15, 0.2) is 0 Å². The van der Waals surface area contributed by atoms with Crippen LogP contribution in [0.2, 0.25) is 0 Å². The summed E-state index contributed by atoms with van der Waals surface area (Å²) < 4.78 is 93.8. The number of nitrogens with one attached hydrogen (secondary N) is 1. The summed E-state index contributed by atoms with van der Waals surface area (Å²) in [6, 6.07) is 15.0. The van der Waals surface area contributed by atoms with Gasteiger partial charge >= 0.3 is 18.0 Å². The molecule has 0 aromatic heterocycles. The predicted molar refractivity (Wildman–Crippen MR) is 124 cm³/mol. The fourth-order valence-electron chi connectivity index (χ4n) is 3.99. The molecule has 0 spiro atoms. The molecule has 0 aliphatic rings. The van der Waals surface area contributed by atoms with Crippen molar-refractivity contribution in [1.82, 2.24) is 0 Å². The van der Waals surface area contributed by atoms with Gasteiger partial charge in [-0.05, 0) is 55.3 Å². The van der Waals surface area contributed by atoms with Crippen molar-refractivity contribution in [3.63, 3.8) is 0 Å². The van der Waals surface area contributed by atoms with E-state index in [9.17, 15) is 40.3 Å². The van der Waals surface area contributed by atoms with Gasteiger partial charge < -0.3 is 10.2 Å². The second-order valence-corrected chi connectivity index (χ2v) is 8.38. The average molecular weight is 526 g/mol. The Labute approximate surface area is 207 Å². The van der Waals surface area contributed by atoms with E-state index in [1.807, 2.05) is 0 Å². The summed E-state index contributed by atoms with van der Waals surface area (Å²) in [4.78, 5) is 26.6. The topological polar surface area (TPSA) is 49.4 Å². The summed E-state index contributed by atoms with van der Waals surface area (Å²) in [5.41, 5.74) is -6.79. The van der Waals surface area contributed by atoms with Crippen LogP contribution in [0.25, 0.3) is 0 Å². The van der Waals surface area contributed by atoms with Gasteiger partial charge in [0.1, 0.15) is 0 Å². The molecule has 0 radical (unpaired) electrons. The first-order valence-electron chi connectivity index (χ1n) is 10.8. The van der Waals surface area contributed by atoms with E-state index < -0.39 is 35.4 Å². The van der Waals surface area contributed by atoms with Crippen molar-refractivity contribution in [2.45, 2.75) is 31.9 Å². The van der Waals surface area contributed by atoms with E-state index in [-0.39, 0.29) is 28.1 Å². The molecule has 11 heteroatoms. The number of benzene rings is 3. The maximum Gasteiger partial charge on any atom is 0.435 e. The smallest absolute Gasteiger partial charge is 0.322 e. The average Bonchev–Trinajstić information content (AvgIpc) is 2.81. The number of anilines is 2. The molecule has 0 saturated heterocycles. The highest BCUT2D eigenvalue weighted by atomic mass is 19.4. The van der Waals surface area contributed by atoms with Crippen molar-refractivity contribution in [1.29, 1.82) is 0 Å². The number of carbonyl (C=O) groups is 2. The number of alkyl halides is 7. The lowest BCUT2D eigenvalue weighted by molar-refractivity contribution is -0.348. The molecular formula is C26H21F7N2O2. The molecule has 0 saturated carbocycles. The molecular weight excluding hydrogens is 505 g/mol. The van der Waals surface area contributed by atoms with Crippen LogP contribution in [-0.2, 0) is 5.67 Å². The second-order valence-electron chi connectivity index (χ2n) is 8.38. The van der Waals surface area contributed by atoms with Crippen LogP contribution in [-0.4, -0.2) is 31.2 Å². The summed E-state index contributed by atoms with van der Waals surface area (Å²) in [5.74, 6) is -1.09. The highest BCUT2D eigenvalue weighted by molar-refractivity contribution is 6.08. The van der Waals surface area contributed by atoms with Crippen LogP contribution < -0.4 is 10.2 Å². The lowest BCUT2D eigenvalue weighted by Crippen LogP contribution is -2.50. The van der Waals surface area contributed by atoms with Gasteiger partial charge in [-0.1, -0.05) is 36.4 Å². The Bertz CT molecular complexity index is 1280. The molecule has 3 aromatic carbocycles. The van der Waals surface area contributed by atoms with E-state index in [0.29, 0.717) is 17.7 Å². The Hall–Kier alpha value is -3.89. The second kappa shape index (κ2) is 9.87. The fourth-order valence-corrected chi connectivity index (χ4v) is 3.99. The summed E-state index contributed by atoms with van der Waals surface area (Å²) in [6.07, 6.45) is -12.5. The highest BCUT2D eigenvalue weighted by Crippen LogP contribution is 2.54. The number of rotatable bonds is 5. The number of aryl methyl sites for hydroxylation is 2. The van der Waals surface area contributed by atoms with Crippen LogP contribution in [0.5, 0.6) is 0 Å². The Kier molecular flexibility index (Phi) is 7.39. The van der Waals surface area contributed by atoms with Crippen LogP contribution >= 0.6 is 0 Å². The molecule has 196 valence electrons. The van der Waals surface area contributed by atoms with Crippen LogP contribution in [0.1, 0.15) is 37.4 Å². The first-order valence-corrected chi connectivity index (χ1v) is 10.8. The molecule has 0 aliphatic heterocycles. The molecule has 0 aliphatic carbocycles. The van der Waals surface area contributed by atoms with Crippen LogP contribution in [0, 0.1) is 13.8 Å². The molecule has 3 aromatic rings. The molecule has 0 fully saturated rings. The van der Waals surface area contributed by atoms with Gasteiger partial charge in [-0.25, -0.2) is 4.39 Å². The Morgan fingerprint density at radius 3 is 1.76 bits per heavy atom. The van der Waals surface area contributed by atoms with Gasteiger partial charge in [0.05, 0.1) is 0 Å². The van der Waals surface area contributed by atoms with Crippen molar-refractivity contribution in [3.8, 4) is 0 Å². The minimum atomic E-state index is -6.25.